The van der Waals surface area contributed by atoms with E-state index in [0.29, 0.717) is 0 Å². The van der Waals surface area contributed by atoms with Crippen LogP contribution in [0.5, 0.6) is 0 Å². The molecule has 0 unspecified atom stereocenters. The molecule has 0 saturated carbocycles. The van der Waals surface area contributed by atoms with E-state index in [1.165, 1.54) is 5.57 Å². The third-order valence-corrected chi connectivity index (χ3v) is 1.49. The lowest BCUT2D eigenvalue weighted by Crippen LogP contribution is -1.87. The van der Waals surface area contributed by atoms with E-state index in [4.69, 9.17) is 4.74 Å². The molecule has 0 amide bonds. The van der Waals surface area contributed by atoms with Gasteiger partial charge in [0.25, 0.3) is 0 Å². The molecule has 1 nitrogen and oxygen atoms in total. The Morgan fingerprint density at radius 3 is 2.64 bits per heavy atom. The standard InChI is InChI=1S/C10H18O/c1-4-10(3)8-6-7-9-11-5-2/h6-8H,4-5,9H2,1-3H3/b7-6-,10-8-. The van der Waals surface area contributed by atoms with Crippen LogP contribution in [-0.4, -0.2) is 13.2 Å². The third kappa shape index (κ3) is 7.34. The van der Waals surface area contributed by atoms with Crippen LogP contribution in [-0.2, 0) is 4.74 Å². The predicted molar refractivity (Wildman–Crippen MR) is 49.7 cm³/mol. The van der Waals surface area contributed by atoms with E-state index in [1.54, 1.807) is 0 Å². The molecular formula is C10H18O. The Bertz CT molecular complexity index is 134. The summed E-state index contributed by atoms with van der Waals surface area (Å²) in [4.78, 5) is 0. The molecule has 0 aliphatic rings. The van der Waals surface area contributed by atoms with Gasteiger partial charge in [0.15, 0.2) is 0 Å². The van der Waals surface area contributed by atoms with Crippen molar-refractivity contribution in [3.8, 4) is 0 Å². The highest BCUT2D eigenvalue weighted by atomic mass is 16.5. The molecule has 0 rings (SSSR count). The molecule has 64 valence electrons. The molecule has 0 aliphatic carbocycles. The van der Waals surface area contributed by atoms with Gasteiger partial charge in [0, 0.05) is 6.61 Å². The van der Waals surface area contributed by atoms with Gasteiger partial charge in [-0.15, -0.1) is 0 Å². The van der Waals surface area contributed by atoms with E-state index in [2.05, 4.69) is 26.0 Å². The predicted octanol–water partition coefficient (Wildman–Crippen LogP) is 2.94. The smallest absolute Gasteiger partial charge is 0.0650 e. The first kappa shape index (κ1) is 10.4. The number of ether oxygens (including phenoxy) is 1. The zero-order valence-corrected chi connectivity index (χ0v) is 7.76. The highest BCUT2D eigenvalue weighted by Gasteiger charge is 1.78. The summed E-state index contributed by atoms with van der Waals surface area (Å²) >= 11 is 0. The SMILES string of the molecule is CCOC/C=C\C=C(\C)CC. The minimum atomic E-state index is 0.726. The van der Waals surface area contributed by atoms with Gasteiger partial charge >= 0.3 is 0 Å². The lowest BCUT2D eigenvalue weighted by molar-refractivity contribution is 0.177. The van der Waals surface area contributed by atoms with E-state index in [-0.39, 0.29) is 0 Å². The quantitative estimate of drug-likeness (QED) is 0.437. The highest BCUT2D eigenvalue weighted by molar-refractivity contribution is 5.09. The largest absolute Gasteiger partial charge is 0.378 e. The van der Waals surface area contributed by atoms with Gasteiger partial charge in [0.05, 0.1) is 6.61 Å². The topological polar surface area (TPSA) is 9.23 Å². The van der Waals surface area contributed by atoms with Crippen molar-refractivity contribution in [2.24, 2.45) is 0 Å². The Hall–Kier alpha value is -0.560. The fraction of sp³-hybridized carbons (Fsp3) is 0.600. The maximum atomic E-state index is 5.13. The minimum absolute atomic E-state index is 0.726. The molecule has 0 aromatic rings. The monoisotopic (exact) mass is 154 g/mol. The number of rotatable bonds is 5. The van der Waals surface area contributed by atoms with Crippen LogP contribution in [0.1, 0.15) is 27.2 Å². The van der Waals surface area contributed by atoms with Gasteiger partial charge in [-0.1, -0.05) is 30.7 Å². The van der Waals surface area contributed by atoms with Crippen molar-refractivity contribution in [1.82, 2.24) is 0 Å². The molecule has 11 heavy (non-hydrogen) atoms. The molecule has 0 bridgehead atoms. The molecule has 0 radical (unpaired) electrons. The van der Waals surface area contributed by atoms with Crippen molar-refractivity contribution in [3.05, 3.63) is 23.8 Å². The van der Waals surface area contributed by atoms with E-state index in [0.717, 1.165) is 19.6 Å². The Morgan fingerprint density at radius 1 is 1.36 bits per heavy atom. The lowest BCUT2D eigenvalue weighted by atomic mass is 10.2. The Balaban J connectivity index is 3.42. The number of allylic oxidation sites excluding steroid dienone is 3. The van der Waals surface area contributed by atoms with Gasteiger partial charge in [-0.25, -0.2) is 0 Å². The Morgan fingerprint density at radius 2 is 2.09 bits per heavy atom. The number of hydrogen-bond acceptors (Lipinski definition) is 1. The van der Waals surface area contributed by atoms with Crippen LogP contribution >= 0.6 is 0 Å². The van der Waals surface area contributed by atoms with E-state index >= 15 is 0 Å². The van der Waals surface area contributed by atoms with Crippen molar-refractivity contribution in [2.75, 3.05) is 13.2 Å². The summed E-state index contributed by atoms with van der Waals surface area (Å²) in [5.41, 5.74) is 1.40. The summed E-state index contributed by atoms with van der Waals surface area (Å²) in [6.45, 7) is 7.80. The van der Waals surface area contributed by atoms with E-state index in [1.807, 2.05) is 13.0 Å². The average molecular weight is 154 g/mol. The van der Waals surface area contributed by atoms with Gasteiger partial charge in [-0.2, -0.15) is 0 Å². The summed E-state index contributed by atoms with van der Waals surface area (Å²) in [6, 6.07) is 0. The Kier molecular flexibility index (Phi) is 7.16. The third-order valence-electron chi connectivity index (χ3n) is 1.49. The molecule has 0 saturated heterocycles. The first-order valence-corrected chi connectivity index (χ1v) is 4.21. The van der Waals surface area contributed by atoms with Crippen LogP contribution in [0, 0.1) is 0 Å². The van der Waals surface area contributed by atoms with Crippen molar-refractivity contribution in [3.63, 3.8) is 0 Å². The summed E-state index contributed by atoms with van der Waals surface area (Å²) in [6.07, 6.45) is 7.33. The molecular weight excluding hydrogens is 136 g/mol. The molecule has 0 aliphatic heterocycles. The summed E-state index contributed by atoms with van der Waals surface area (Å²) in [5, 5.41) is 0. The van der Waals surface area contributed by atoms with Gasteiger partial charge in [0.1, 0.15) is 0 Å². The molecule has 0 atom stereocenters. The van der Waals surface area contributed by atoms with Crippen LogP contribution in [0.25, 0.3) is 0 Å². The molecule has 0 N–H and O–H groups in total. The average Bonchev–Trinajstić information content (AvgIpc) is 2.04. The fourth-order valence-corrected chi connectivity index (χ4v) is 0.592. The summed E-state index contributed by atoms with van der Waals surface area (Å²) in [5.74, 6) is 0. The molecule has 0 fully saturated rings. The van der Waals surface area contributed by atoms with Crippen molar-refractivity contribution >= 4 is 0 Å². The van der Waals surface area contributed by atoms with Crippen LogP contribution < -0.4 is 0 Å². The van der Waals surface area contributed by atoms with Crippen molar-refractivity contribution < 1.29 is 4.74 Å². The van der Waals surface area contributed by atoms with Gasteiger partial charge in [-0.3, -0.25) is 0 Å². The van der Waals surface area contributed by atoms with E-state index < -0.39 is 0 Å². The van der Waals surface area contributed by atoms with Crippen LogP contribution in [0.2, 0.25) is 0 Å². The second-order valence-electron chi connectivity index (χ2n) is 2.45. The zero-order valence-electron chi connectivity index (χ0n) is 7.76. The molecule has 0 spiro atoms. The van der Waals surface area contributed by atoms with Gasteiger partial charge < -0.3 is 4.74 Å². The van der Waals surface area contributed by atoms with Crippen molar-refractivity contribution in [2.45, 2.75) is 27.2 Å². The highest BCUT2D eigenvalue weighted by Crippen LogP contribution is 1.97. The first-order chi connectivity index (χ1) is 5.31. The molecule has 0 aromatic carbocycles. The van der Waals surface area contributed by atoms with Crippen LogP contribution in [0.4, 0.5) is 0 Å². The van der Waals surface area contributed by atoms with Crippen molar-refractivity contribution in [1.29, 1.82) is 0 Å². The second-order valence-corrected chi connectivity index (χ2v) is 2.45. The zero-order chi connectivity index (χ0) is 8.53. The maximum Gasteiger partial charge on any atom is 0.0650 e. The van der Waals surface area contributed by atoms with Gasteiger partial charge in [-0.05, 0) is 20.3 Å². The van der Waals surface area contributed by atoms with Crippen LogP contribution in [0.15, 0.2) is 23.8 Å². The summed E-state index contributed by atoms with van der Waals surface area (Å²) < 4.78 is 5.13. The Labute approximate surface area is 69.8 Å². The summed E-state index contributed by atoms with van der Waals surface area (Å²) in [7, 11) is 0. The minimum Gasteiger partial charge on any atom is -0.378 e. The molecule has 0 heterocycles. The van der Waals surface area contributed by atoms with Crippen LogP contribution in [0.3, 0.4) is 0 Å². The maximum absolute atomic E-state index is 5.13. The number of hydrogen-bond donors (Lipinski definition) is 0. The second kappa shape index (κ2) is 7.55. The lowest BCUT2D eigenvalue weighted by Gasteiger charge is -1.92. The molecule has 0 aromatic heterocycles. The van der Waals surface area contributed by atoms with E-state index in [9.17, 15) is 0 Å². The molecule has 1 heteroatoms. The normalized spacial score (nSPS) is 12.8. The first-order valence-electron chi connectivity index (χ1n) is 4.21. The fourth-order valence-electron chi connectivity index (χ4n) is 0.592. The van der Waals surface area contributed by atoms with Gasteiger partial charge in [0.2, 0.25) is 0 Å².